The predicted octanol–water partition coefficient (Wildman–Crippen LogP) is 1.13. The van der Waals surface area contributed by atoms with Gasteiger partial charge in [-0.25, -0.2) is 0 Å². The number of rotatable bonds is 1. The molecule has 1 aromatic rings. The fourth-order valence-electron chi connectivity index (χ4n) is 1.51. The Hall–Kier alpha value is -0.930. The molecule has 0 radical (unpaired) electrons. The number of nitrogens with zero attached hydrogens (tertiary/aromatic N) is 1. The molecular formula is C10H14N2O. The van der Waals surface area contributed by atoms with Gasteiger partial charge < -0.3 is 10.1 Å². The quantitative estimate of drug-likeness (QED) is 0.700. The molecule has 0 aromatic carbocycles. The van der Waals surface area contributed by atoms with E-state index in [1.165, 1.54) is 5.56 Å². The van der Waals surface area contributed by atoms with Crippen LogP contribution in [0.1, 0.15) is 18.0 Å². The van der Waals surface area contributed by atoms with Crippen LogP contribution in [0.15, 0.2) is 24.5 Å². The summed E-state index contributed by atoms with van der Waals surface area (Å²) in [5.41, 5.74) is 1.21. The molecule has 0 spiro atoms. The van der Waals surface area contributed by atoms with Gasteiger partial charge in [-0.1, -0.05) is 6.07 Å². The van der Waals surface area contributed by atoms with Crippen molar-refractivity contribution in [3.8, 4) is 0 Å². The van der Waals surface area contributed by atoms with E-state index < -0.39 is 0 Å². The van der Waals surface area contributed by atoms with Crippen LogP contribution in [-0.4, -0.2) is 24.7 Å². The SMILES string of the molecule is c1cncc(C2COCCCN2)c1. The van der Waals surface area contributed by atoms with E-state index in [-0.39, 0.29) is 0 Å². The number of aromatic nitrogens is 1. The molecule has 3 heteroatoms. The molecule has 0 bridgehead atoms. The van der Waals surface area contributed by atoms with Crippen molar-refractivity contribution < 1.29 is 4.74 Å². The van der Waals surface area contributed by atoms with E-state index in [1.54, 1.807) is 6.20 Å². The first-order chi connectivity index (χ1) is 6.47. The Morgan fingerprint density at radius 2 is 2.54 bits per heavy atom. The van der Waals surface area contributed by atoms with E-state index in [2.05, 4.69) is 16.4 Å². The predicted molar refractivity (Wildman–Crippen MR) is 50.4 cm³/mol. The van der Waals surface area contributed by atoms with E-state index in [9.17, 15) is 0 Å². The Kier molecular flexibility index (Phi) is 2.90. The second-order valence-electron chi connectivity index (χ2n) is 3.22. The molecule has 0 amide bonds. The minimum atomic E-state index is 0.316. The highest BCUT2D eigenvalue weighted by Crippen LogP contribution is 2.13. The highest BCUT2D eigenvalue weighted by molar-refractivity contribution is 5.13. The van der Waals surface area contributed by atoms with Crippen molar-refractivity contribution in [2.24, 2.45) is 0 Å². The number of ether oxygens (including phenoxy) is 1. The van der Waals surface area contributed by atoms with Gasteiger partial charge in [0, 0.05) is 19.0 Å². The van der Waals surface area contributed by atoms with Crippen LogP contribution in [-0.2, 0) is 4.74 Å². The van der Waals surface area contributed by atoms with Crippen LogP contribution in [0, 0.1) is 0 Å². The van der Waals surface area contributed by atoms with Gasteiger partial charge in [-0.2, -0.15) is 0 Å². The Balaban J connectivity index is 2.06. The lowest BCUT2D eigenvalue weighted by Crippen LogP contribution is -2.23. The van der Waals surface area contributed by atoms with E-state index >= 15 is 0 Å². The first-order valence-electron chi connectivity index (χ1n) is 4.68. The molecular weight excluding hydrogens is 164 g/mol. The summed E-state index contributed by atoms with van der Waals surface area (Å²) >= 11 is 0. The van der Waals surface area contributed by atoms with E-state index in [1.807, 2.05) is 12.3 Å². The van der Waals surface area contributed by atoms with Crippen molar-refractivity contribution in [1.82, 2.24) is 10.3 Å². The maximum atomic E-state index is 5.47. The Bertz CT molecular complexity index is 242. The standard InChI is InChI=1S/C10H14N2O/c1-3-9(7-11-4-1)10-8-13-6-2-5-12-10/h1,3-4,7,10,12H,2,5-6,8H2. The Morgan fingerprint density at radius 3 is 3.38 bits per heavy atom. The molecule has 2 rings (SSSR count). The number of nitrogens with one attached hydrogen (secondary N) is 1. The van der Waals surface area contributed by atoms with Crippen LogP contribution in [0.4, 0.5) is 0 Å². The van der Waals surface area contributed by atoms with Crippen molar-refractivity contribution in [2.45, 2.75) is 12.5 Å². The smallest absolute Gasteiger partial charge is 0.0662 e. The molecule has 1 aromatic heterocycles. The van der Waals surface area contributed by atoms with Gasteiger partial charge in [0.05, 0.1) is 12.6 Å². The maximum absolute atomic E-state index is 5.47. The molecule has 0 saturated carbocycles. The average Bonchev–Trinajstić information content (AvgIpc) is 2.47. The van der Waals surface area contributed by atoms with E-state index in [4.69, 9.17) is 4.74 Å². The summed E-state index contributed by atoms with van der Waals surface area (Å²) in [5, 5.41) is 3.43. The van der Waals surface area contributed by atoms with E-state index in [0.29, 0.717) is 6.04 Å². The van der Waals surface area contributed by atoms with Gasteiger partial charge >= 0.3 is 0 Å². The van der Waals surface area contributed by atoms with Crippen LogP contribution < -0.4 is 5.32 Å². The van der Waals surface area contributed by atoms with Gasteiger partial charge in [-0.05, 0) is 24.6 Å². The van der Waals surface area contributed by atoms with Crippen LogP contribution in [0.3, 0.4) is 0 Å². The van der Waals surface area contributed by atoms with Crippen molar-refractivity contribution >= 4 is 0 Å². The molecule has 13 heavy (non-hydrogen) atoms. The zero-order chi connectivity index (χ0) is 8.93. The minimum absolute atomic E-state index is 0.316. The highest BCUT2D eigenvalue weighted by atomic mass is 16.5. The zero-order valence-electron chi connectivity index (χ0n) is 7.57. The summed E-state index contributed by atoms with van der Waals surface area (Å²) in [4.78, 5) is 4.09. The van der Waals surface area contributed by atoms with Gasteiger partial charge in [0.1, 0.15) is 0 Å². The lowest BCUT2D eigenvalue weighted by molar-refractivity contribution is 0.131. The Morgan fingerprint density at radius 1 is 1.54 bits per heavy atom. The Labute approximate surface area is 78.1 Å². The second kappa shape index (κ2) is 4.35. The van der Waals surface area contributed by atoms with Crippen LogP contribution in [0.5, 0.6) is 0 Å². The molecule has 1 saturated heterocycles. The molecule has 2 heterocycles. The largest absolute Gasteiger partial charge is 0.379 e. The summed E-state index contributed by atoms with van der Waals surface area (Å²) < 4.78 is 5.47. The molecule has 70 valence electrons. The zero-order valence-corrected chi connectivity index (χ0v) is 7.57. The molecule has 1 fully saturated rings. The molecule has 1 aliphatic rings. The van der Waals surface area contributed by atoms with Gasteiger partial charge in [-0.15, -0.1) is 0 Å². The number of hydrogen-bond donors (Lipinski definition) is 1. The van der Waals surface area contributed by atoms with E-state index in [0.717, 1.165) is 26.2 Å². The fraction of sp³-hybridized carbons (Fsp3) is 0.500. The van der Waals surface area contributed by atoms with Gasteiger partial charge in [0.15, 0.2) is 0 Å². The minimum Gasteiger partial charge on any atom is -0.379 e. The maximum Gasteiger partial charge on any atom is 0.0662 e. The number of pyridine rings is 1. The monoisotopic (exact) mass is 178 g/mol. The fourth-order valence-corrected chi connectivity index (χ4v) is 1.51. The van der Waals surface area contributed by atoms with Gasteiger partial charge in [0.2, 0.25) is 0 Å². The third kappa shape index (κ3) is 2.26. The first-order valence-corrected chi connectivity index (χ1v) is 4.68. The molecule has 1 aliphatic heterocycles. The summed E-state index contributed by atoms with van der Waals surface area (Å²) in [6.07, 6.45) is 4.78. The molecule has 1 atom stereocenters. The first kappa shape index (κ1) is 8.66. The highest BCUT2D eigenvalue weighted by Gasteiger charge is 2.13. The number of hydrogen-bond acceptors (Lipinski definition) is 3. The second-order valence-corrected chi connectivity index (χ2v) is 3.22. The van der Waals surface area contributed by atoms with Crippen molar-refractivity contribution in [2.75, 3.05) is 19.8 Å². The van der Waals surface area contributed by atoms with Crippen molar-refractivity contribution in [3.63, 3.8) is 0 Å². The average molecular weight is 178 g/mol. The summed E-state index contributed by atoms with van der Waals surface area (Å²) in [7, 11) is 0. The van der Waals surface area contributed by atoms with Gasteiger partial charge in [-0.3, -0.25) is 4.98 Å². The topological polar surface area (TPSA) is 34.1 Å². The van der Waals surface area contributed by atoms with Crippen LogP contribution in [0.25, 0.3) is 0 Å². The lowest BCUT2D eigenvalue weighted by Gasteiger charge is -2.14. The van der Waals surface area contributed by atoms with Crippen LogP contribution >= 0.6 is 0 Å². The summed E-state index contributed by atoms with van der Waals surface area (Å²) in [5.74, 6) is 0. The van der Waals surface area contributed by atoms with Gasteiger partial charge in [0.25, 0.3) is 0 Å². The van der Waals surface area contributed by atoms with Crippen molar-refractivity contribution in [1.29, 1.82) is 0 Å². The summed E-state index contributed by atoms with van der Waals surface area (Å²) in [6.45, 7) is 2.65. The normalized spacial score (nSPS) is 23.8. The third-order valence-electron chi connectivity index (χ3n) is 2.23. The molecule has 1 unspecified atom stereocenters. The van der Waals surface area contributed by atoms with Crippen LogP contribution in [0.2, 0.25) is 0 Å². The molecule has 0 aliphatic carbocycles. The summed E-state index contributed by atoms with van der Waals surface area (Å²) in [6, 6.07) is 4.36. The molecule has 1 N–H and O–H groups in total. The van der Waals surface area contributed by atoms with Crippen molar-refractivity contribution in [3.05, 3.63) is 30.1 Å². The molecule has 3 nitrogen and oxygen atoms in total. The third-order valence-corrected chi connectivity index (χ3v) is 2.23. The lowest BCUT2D eigenvalue weighted by atomic mass is 10.1.